The molecule has 0 aliphatic rings. The Labute approximate surface area is 150 Å². The molecule has 2 unspecified atom stereocenters. The largest absolute Gasteiger partial charge is 0.450 e. The second-order valence-corrected chi connectivity index (χ2v) is 5.90. The van der Waals surface area contributed by atoms with E-state index in [9.17, 15) is 22.8 Å². The Bertz CT molecular complexity index is 644. The van der Waals surface area contributed by atoms with Gasteiger partial charge in [0.25, 0.3) is 5.91 Å². The number of carbonyl (C=O) groups is 2. The Morgan fingerprint density at radius 3 is 2.38 bits per heavy atom. The lowest BCUT2D eigenvalue weighted by Crippen LogP contribution is -2.39. The van der Waals surface area contributed by atoms with Crippen LogP contribution in [-0.2, 0) is 25.2 Å². The fourth-order valence-electron chi connectivity index (χ4n) is 2.04. The summed E-state index contributed by atoms with van der Waals surface area (Å²) in [5, 5.41) is 2.19. The average molecular weight is 373 g/mol. The maximum atomic E-state index is 13.0. The maximum Gasteiger partial charge on any atom is 0.418 e. The molecule has 0 aromatic heterocycles. The second-order valence-electron chi connectivity index (χ2n) is 5.90. The summed E-state index contributed by atoms with van der Waals surface area (Å²) in [5.74, 6) is -2.09. The summed E-state index contributed by atoms with van der Waals surface area (Å²) < 4.78 is 49.4. The molecular weight excluding hydrogens is 351 g/mol. The molecule has 0 spiro atoms. The number of rotatable bonds is 8. The first-order valence-electron chi connectivity index (χ1n) is 7.98. The molecule has 0 saturated heterocycles. The Kier molecular flexibility index (Phi) is 7.82. The predicted molar refractivity (Wildman–Crippen MR) is 90.4 cm³/mol. The lowest BCUT2D eigenvalue weighted by molar-refractivity contribution is -0.166. The maximum absolute atomic E-state index is 13.0. The number of esters is 1. The number of amides is 1. The fourth-order valence-corrected chi connectivity index (χ4v) is 2.04. The molecule has 0 fully saturated rings. The number of nitrogens with one attached hydrogen (secondary N) is 1. The molecule has 0 aliphatic carbocycles. The van der Waals surface area contributed by atoms with Gasteiger partial charge in [-0.25, -0.2) is 4.79 Å². The van der Waals surface area contributed by atoms with Gasteiger partial charge in [-0.05, 0) is 25.0 Å². The van der Waals surface area contributed by atoms with Crippen molar-refractivity contribution in [2.24, 2.45) is 5.92 Å². The summed E-state index contributed by atoms with van der Waals surface area (Å²) in [7, 11) is 0. The quantitative estimate of drug-likeness (QED) is 0.556. The van der Waals surface area contributed by atoms with Crippen molar-refractivity contribution >= 4 is 17.6 Å². The minimum absolute atomic E-state index is 0.119. The number of halogens is 3. The van der Waals surface area contributed by atoms with E-state index in [0.29, 0.717) is 0 Å². The van der Waals surface area contributed by atoms with E-state index in [1.165, 1.54) is 25.1 Å². The highest BCUT2D eigenvalue weighted by molar-refractivity contribution is 5.96. The lowest BCUT2D eigenvalue weighted by Gasteiger charge is -2.23. The van der Waals surface area contributed by atoms with Crippen molar-refractivity contribution in [3.05, 3.63) is 42.5 Å². The van der Waals surface area contributed by atoms with E-state index in [1.807, 2.05) is 0 Å². The van der Waals surface area contributed by atoms with E-state index < -0.39 is 47.4 Å². The zero-order valence-electron chi connectivity index (χ0n) is 14.8. The predicted octanol–water partition coefficient (Wildman–Crippen LogP) is 3.80. The van der Waals surface area contributed by atoms with Crippen LogP contribution in [0.1, 0.15) is 26.3 Å². The van der Waals surface area contributed by atoms with Gasteiger partial charge >= 0.3 is 12.1 Å². The molecule has 0 heterocycles. The van der Waals surface area contributed by atoms with Crippen molar-refractivity contribution in [1.29, 1.82) is 0 Å². The molecule has 1 aromatic carbocycles. The van der Waals surface area contributed by atoms with E-state index in [1.54, 1.807) is 13.8 Å². The first-order valence-corrected chi connectivity index (χ1v) is 7.98. The third-order valence-corrected chi connectivity index (χ3v) is 3.39. The third-order valence-electron chi connectivity index (χ3n) is 3.39. The van der Waals surface area contributed by atoms with Crippen LogP contribution in [0.4, 0.5) is 18.9 Å². The molecule has 2 atom stereocenters. The minimum Gasteiger partial charge on any atom is -0.450 e. The first-order chi connectivity index (χ1) is 12.1. The number of para-hydroxylation sites is 1. The molecule has 0 aliphatic heterocycles. The standard InChI is InChI=1S/C18H22F3NO4/c1-5-10-25-12(4)17(24)26-15(11(2)3)16(23)22-14-9-7-6-8-13(14)18(19,20)21/h5-9,11-12,15H,1,10H2,2-4H3,(H,22,23). The van der Waals surface area contributed by atoms with Crippen LogP contribution in [0, 0.1) is 5.92 Å². The van der Waals surface area contributed by atoms with Crippen LogP contribution >= 0.6 is 0 Å². The van der Waals surface area contributed by atoms with Crippen LogP contribution in [0.25, 0.3) is 0 Å². The molecular formula is C18H22F3NO4. The zero-order chi connectivity index (χ0) is 19.9. The smallest absolute Gasteiger partial charge is 0.418 e. The Hall–Kier alpha value is -2.35. The van der Waals surface area contributed by atoms with E-state index in [0.717, 1.165) is 12.1 Å². The van der Waals surface area contributed by atoms with Gasteiger partial charge in [-0.2, -0.15) is 13.2 Å². The van der Waals surface area contributed by atoms with Gasteiger partial charge < -0.3 is 14.8 Å². The SMILES string of the molecule is C=CCOC(C)C(=O)OC(C(=O)Nc1ccccc1C(F)(F)F)C(C)C. The molecule has 26 heavy (non-hydrogen) atoms. The van der Waals surface area contributed by atoms with Crippen molar-refractivity contribution in [2.75, 3.05) is 11.9 Å². The minimum atomic E-state index is -4.62. The number of hydrogen-bond donors (Lipinski definition) is 1. The number of carbonyl (C=O) groups excluding carboxylic acids is 2. The first kappa shape index (κ1) is 21.7. The van der Waals surface area contributed by atoms with Crippen LogP contribution in [0.5, 0.6) is 0 Å². The fraction of sp³-hybridized carbons (Fsp3) is 0.444. The van der Waals surface area contributed by atoms with Gasteiger partial charge in [0.05, 0.1) is 17.9 Å². The van der Waals surface area contributed by atoms with Crippen LogP contribution in [0.15, 0.2) is 36.9 Å². The Balaban J connectivity index is 2.91. The van der Waals surface area contributed by atoms with Crippen molar-refractivity contribution < 1.29 is 32.2 Å². The molecule has 1 rings (SSSR count). The summed E-state index contributed by atoms with van der Waals surface area (Å²) in [4.78, 5) is 24.4. The second kappa shape index (κ2) is 9.38. The topological polar surface area (TPSA) is 64.6 Å². The molecule has 1 aromatic rings. The number of anilines is 1. The van der Waals surface area contributed by atoms with Crippen molar-refractivity contribution in [3.8, 4) is 0 Å². The van der Waals surface area contributed by atoms with Gasteiger partial charge in [-0.15, -0.1) is 6.58 Å². The lowest BCUT2D eigenvalue weighted by atomic mass is 10.1. The molecule has 1 amide bonds. The van der Waals surface area contributed by atoms with Crippen molar-refractivity contribution in [1.82, 2.24) is 0 Å². The zero-order valence-corrected chi connectivity index (χ0v) is 14.8. The Morgan fingerprint density at radius 2 is 1.85 bits per heavy atom. The van der Waals surface area contributed by atoms with E-state index in [-0.39, 0.29) is 6.61 Å². The summed E-state index contributed by atoms with van der Waals surface area (Å²) in [5.41, 5.74) is -1.38. The van der Waals surface area contributed by atoms with Crippen molar-refractivity contribution in [3.63, 3.8) is 0 Å². The van der Waals surface area contributed by atoms with Gasteiger partial charge in [0.2, 0.25) is 0 Å². The van der Waals surface area contributed by atoms with Crippen LogP contribution in [-0.4, -0.2) is 30.7 Å². The van der Waals surface area contributed by atoms with Gasteiger partial charge in [-0.1, -0.05) is 32.1 Å². The Morgan fingerprint density at radius 1 is 1.23 bits per heavy atom. The molecule has 5 nitrogen and oxygen atoms in total. The molecule has 8 heteroatoms. The number of hydrogen-bond acceptors (Lipinski definition) is 4. The molecule has 0 bridgehead atoms. The third kappa shape index (κ3) is 6.18. The van der Waals surface area contributed by atoms with E-state index >= 15 is 0 Å². The molecule has 0 radical (unpaired) electrons. The van der Waals surface area contributed by atoms with Gasteiger partial charge in [0, 0.05) is 0 Å². The van der Waals surface area contributed by atoms with Crippen LogP contribution in [0.3, 0.4) is 0 Å². The highest BCUT2D eigenvalue weighted by Crippen LogP contribution is 2.34. The number of alkyl halides is 3. The van der Waals surface area contributed by atoms with Crippen LogP contribution < -0.4 is 5.32 Å². The summed E-state index contributed by atoms with van der Waals surface area (Å²) in [6.07, 6.45) is -5.38. The van der Waals surface area contributed by atoms with Gasteiger partial charge in [0.1, 0.15) is 0 Å². The summed E-state index contributed by atoms with van der Waals surface area (Å²) >= 11 is 0. The van der Waals surface area contributed by atoms with Gasteiger partial charge in [0.15, 0.2) is 12.2 Å². The van der Waals surface area contributed by atoms with Crippen molar-refractivity contribution in [2.45, 2.75) is 39.2 Å². The monoisotopic (exact) mass is 373 g/mol. The molecule has 0 saturated carbocycles. The number of ether oxygens (including phenoxy) is 2. The summed E-state index contributed by atoms with van der Waals surface area (Å²) in [6, 6.07) is 4.58. The normalized spacial score (nSPS) is 13.8. The molecule has 144 valence electrons. The van der Waals surface area contributed by atoms with E-state index in [2.05, 4.69) is 11.9 Å². The molecule has 1 N–H and O–H groups in total. The highest BCUT2D eigenvalue weighted by Gasteiger charge is 2.35. The number of benzene rings is 1. The van der Waals surface area contributed by atoms with Gasteiger partial charge in [-0.3, -0.25) is 4.79 Å². The van der Waals surface area contributed by atoms with E-state index in [4.69, 9.17) is 9.47 Å². The van der Waals surface area contributed by atoms with Crippen LogP contribution in [0.2, 0.25) is 0 Å². The summed E-state index contributed by atoms with van der Waals surface area (Å²) in [6.45, 7) is 8.24. The average Bonchev–Trinajstić information content (AvgIpc) is 2.56. The highest BCUT2D eigenvalue weighted by atomic mass is 19.4.